The fourth-order valence-electron chi connectivity index (χ4n) is 2.22. The summed E-state index contributed by atoms with van der Waals surface area (Å²) in [5, 5.41) is 14.4. The standard InChI is InChI=1S/C12H23N3O3/c13-6-1-7-14-12(18)15-8-9-2-4-10(5-3-9)11(16)17/h9-10H,1-8,13H2,(H,16,17)(H2,14,15,18). The topological polar surface area (TPSA) is 104 Å². The second-order valence-electron chi connectivity index (χ2n) is 4.83. The Morgan fingerprint density at radius 3 is 2.39 bits per heavy atom. The highest BCUT2D eigenvalue weighted by atomic mass is 16.4. The quantitative estimate of drug-likeness (QED) is 0.521. The van der Waals surface area contributed by atoms with E-state index in [0.717, 1.165) is 32.1 Å². The van der Waals surface area contributed by atoms with Crippen molar-refractivity contribution in [3.8, 4) is 0 Å². The van der Waals surface area contributed by atoms with Crippen LogP contribution in [0.25, 0.3) is 0 Å². The molecule has 1 aliphatic carbocycles. The molecule has 18 heavy (non-hydrogen) atoms. The van der Waals surface area contributed by atoms with E-state index in [1.807, 2.05) is 0 Å². The number of nitrogens with one attached hydrogen (secondary N) is 2. The van der Waals surface area contributed by atoms with Gasteiger partial charge in [0.05, 0.1) is 5.92 Å². The summed E-state index contributed by atoms with van der Waals surface area (Å²) in [6, 6.07) is -0.163. The van der Waals surface area contributed by atoms with E-state index in [4.69, 9.17) is 10.8 Å². The van der Waals surface area contributed by atoms with Crippen molar-refractivity contribution in [3.05, 3.63) is 0 Å². The summed E-state index contributed by atoms with van der Waals surface area (Å²) in [4.78, 5) is 22.2. The Labute approximate surface area is 107 Å². The van der Waals surface area contributed by atoms with Gasteiger partial charge in [-0.1, -0.05) is 0 Å². The second-order valence-corrected chi connectivity index (χ2v) is 4.83. The molecule has 0 aromatic heterocycles. The molecule has 0 spiro atoms. The molecular formula is C12H23N3O3. The van der Waals surface area contributed by atoms with E-state index in [-0.39, 0.29) is 11.9 Å². The van der Waals surface area contributed by atoms with Gasteiger partial charge in [-0.25, -0.2) is 4.79 Å². The lowest BCUT2D eigenvalue weighted by molar-refractivity contribution is -0.143. The number of nitrogens with two attached hydrogens (primary N) is 1. The van der Waals surface area contributed by atoms with Gasteiger partial charge in [0.2, 0.25) is 0 Å². The van der Waals surface area contributed by atoms with Gasteiger partial charge in [-0.15, -0.1) is 0 Å². The molecule has 0 unspecified atom stereocenters. The highest BCUT2D eigenvalue weighted by Gasteiger charge is 2.25. The highest BCUT2D eigenvalue weighted by Crippen LogP contribution is 2.28. The third-order valence-corrected chi connectivity index (χ3v) is 3.41. The largest absolute Gasteiger partial charge is 0.481 e. The lowest BCUT2D eigenvalue weighted by atomic mass is 9.82. The van der Waals surface area contributed by atoms with Gasteiger partial charge in [-0.2, -0.15) is 0 Å². The number of amides is 2. The van der Waals surface area contributed by atoms with Crippen LogP contribution in [0.3, 0.4) is 0 Å². The Hall–Kier alpha value is -1.30. The van der Waals surface area contributed by atoms with Crippen LogP contribution in [0.5, 0.6) is 0 Å². The van der Waals surface area contributed by atoms with Crippen molar-refractivity contribution in [2.45, 2.75) is 32.1 Å². The molecule has 5 N–H and O–H groups in total. The number of carboxylic acids is 1. The summed E-state index contributed by atoms with van der Waals surface area (Å²) >= 11 is 0. The fraction of sp³-hybridized carbons (Fsp3) is 0.833. The summed E-state index contributed by atoms with van der Waals surface area (Å²) in [6.45, 7) is 1.79. The Bertz CT molecular complexity index is 276. The molecule has 6 nitrogen and oxygen atoms in total. The molecule has 2 amide bonds. The summed E-state index contributed by atoms with van der Waals surface area (Å²) in [7, 11) is 0. The third-order valence-electron chi connectivity index (χ3n) is 3.41. The van der Waals surface area contributed by atoms with Crippen molar-refractivity contribution in [2.24, 2.45) is 17.6 Å². The highest BCUT2D eigenvalue weighted by molar-refractivity contribution is 5.73. The van der Waals surface area contributed by atoms with Crippen LogP contribution in [0.1, 0.15) is 32.1 Å². The number of hydrogen-bond donors (Lipinski definition) is 4. The van der Waals surface area contributed by atoms with Crippen molar-refractivity contribution in [3.63, 3.8) is 0 Å². The van der Waals surface area contributed by atoms with E-state index >= 15 is 0 Å². The van der Waals surface area contributed by atoms with Gasteiger partial charge in [0, 0.05) is 13.1 Å². The first-order chi connectivity index (χ1) is 8.63. The minimum Gasteiger partial charge on any atom is -0.481 e. The Kier molecular flexibility index (Phi) is 6.49. The molecule has 1 saturated carbocycles. The van der Waals surface area contributed by atoms with Crippen LogP contribution < -0.4 is 16.4 Å². The number of urea groups is 1. The minimum atomic E-state index is -0.694. The first-order valence-corrected chi connectivity index (χ1v) is 6.58. The fourth-order valence-corrected chi connectivity index (χ4v) is 2.22. The zero-order chi connectivity index (χ0) is 13.4. The van der Waals surface area contributed by atoms with Crippen LogP contribution in [0.4, 0.5) is 4.79 Å². The van der Waals surface area contributed by atoms with Gasteiger partial charge in [-0.3, -0.25) is 4.79 Å². The van der Waals surface area contributed by atoms with Crippen molar-refractivity contribution in [1.82, 2.24) is 10.6 Å². The maximum Gasteiger partial charge on any atom is 0.314 e. The van der Waals surface area contributed by atoms with Gasteiger partial charge in [0.25, 0.3) is 0 Å². The van der Waals surface area contributed by atoms with Crippen molar-refractivity contribution < 1.29 is 14.7 Å². The van der Waals surface area contributed by atoms with E-state index in [2.05, 4.69) is 10.6 Å². The van der Waals surface area contributed by atoms with Crippen LogP contribution in [-0.4, -0.2) is 36.7 Å². The summed E-state index contributed by atoms with van der Waals surface area (Å²) in [5.74, 6) is -0.485. The van der Waals surface area contributed by atoms with Crippen molar-refractivity contribution in [1.29, 1.82) is 0 Å². The average molecular weight is 257 g/mol. The van der Waals surface area contributed by atoms with Crippen LogP contribution in [-0.2, 0) is 4.79 Å². The van der Waals surface area contributed by atoms with Crippen LogP contribution in [0.2, 0.25) is 0 Å². The number of hydrogen-bond acceptors (Lipinski definition) is 3. The molecule has 0 aromatic carbocycles. The molecule has 0 heterocycles. The maximum atomic E-state index is 11.4. The van der Waals surface area contributed by atoms with Crippen molar-refractivity contribution >= 4 is 12.0 Å². The Morgan fingerprint density at radius 1 is 1.17 bits per heavy atom. The van der Waals surface area contributed by atoms with Gasteiger partial charge < -0.3 is 21.5 Å². The number of aliphatic carboxylic acids is 1. The molecular weight excluding hydrogens is 234 g/mol. The predicted octanol–water partition coefficient (Wildman–Crippen LogP) is 0.525. The molecule has 0 aromatic rings. The second kappa shape index (κ2) is 7.92. The van der Waals surface area contributed by atoms with E-state index in [1.165, 1.54) is 0 Å². The average Bonchev–Trinajstić information content (AvgIpc) is 2.37. The Balaban J connectivity index is 2.10. The molecule has 0 bridgehead atoms. The van der Waals surface area contributed by atoms with E-state index in [1.54, 1.807) is 0 Å². The van der Waals surface area contributed by atoms with Crippen LogP contribution >= 0.6 is 0 Å². The molecule has 0 atom stereocenters. The molecule has 0 radical (unpaired) electrons. The normalized spacial score (nSPS) is 23.4. The first-order valence-electron chi connectivity index (χ1n) is 6.58. The third kappa shape index (κ3) is 5.35. The van der Waals surface area contributed by atoms with Gasteiger partial charge in [0.1, 0.15) is 0 Å². The molecule has 1 aliphatic rings. The lowest BCUT2D eigenvalue weighted by Crippen LogP contribution is -2.40. The van der Waals surface area contributed by atoms with Gasteiger partial charge >= 0.3 is 12.0 Å². The predicted molar refractivity (Wildman–Crippen MR) is 68.2 cm³/mol. The number of carbonyl (C=O) groups excluding carboxylic acids is 1. The molecule has 1 fully saturated rings. The van der Waals surface area contributed by atoms with Crippen molar-refractivity contribution in [2.75, 3.05) is 19.6 Å². The van der Waals surface area contributed by atoms with Crippen LogP contribution in [0, 0.1) is 11.8 Å². The number of carboxylic acid groups (broad SMARTS) is 1. The Morgan fingerprint density at radius 2 is 1.83 bits per heavy atom. The SMILES string of the molecule is NCCCNC(=O)NCC1CCC(C(=O)O)CC1. The summed E-state index contributed by atoms with van der Waals surface area (Å²) in [6.07, 6.45) is 3.96. The summed E-state index contributed by atoms with van der Waals surface area (Å²) in [5.41, 5.74) is 5.32. The monoisotopic (exact) mass is 257 g/mol. The molecule has 104 valence electrons. The maximum absolute atomic E-state index is 11.4. The molecule has 6 heteroatoms. The molecule has 0 saturated heterocycles. The molecule has 1 rings (SSSR count). The van der Waals surface area contributed by atoms with E-state index in [9.17, 15) is 9.59 Å². The summed E-state index contributed by atoms with van der Waals surface area (Å²) < 4.78 is 0. The lowest BCUT2D eigenvalue weighted by Gasteiger charge is -2.26. The van der Waals surface area contributed by atoms with Crippen LogP contribution in [0.15, 0.2) is 0 Å². The number of carbonyl (C=O) groups is 2. The van der Waals surface area contributed by atoms with E-state index in [0.29, 0.717) is 25.6 Å². The van der Waals surface area contributed by atoms with Gasteiger partial charge in [0.15, 0.2) is 0 Å². The number of rotatable bonds is 6. The molecule has 0 aliphatic heterocycles. The van der Waals surface area contributed by atoms with E-state index < -0.39 is 5.97 Å². The van der Waals surface area contributed by atoms with Gasteiger partial charge in [-0.05, 0) is 44.6 Å². The minimum absolute atomic E-state index is 0.163. The zero-order valence-corrected chi connectivity index (χ0v) is 10.7. The zero-order valence-electron chi connectivity index (χ0n) is 10.7. The first kappa shape index (κ1) is 14.8. The smallest absolute Gasteiger partial charge is 0.314 e.